The lowest BCUT2D eigenvalue weighted by Gasteiger charge is -2.37. The molecule has 0 bridgehead atoms. The predicted octanol–water partition coefficient (Wildman–Crippen LogP) is 1.91. The van der Waals surface area contributed by atoms with Crippen LogP contribution in [0.5, 0.6) is 5.75 Å². The molecule has 1 aromatic carbocycles. The zero-order valence-corrected chi connectivity index (χ0v) is 14.4. The Balaban J connectivity index is 1.71. The first-order valence-electron chi connectivity index (χ1n) is 8.35. The summed E-state index contributed by atoms with van der Waals surface area (Å²) in [4.78, 5) is 25.6. The van der Waals surface area contributed by atoms with Crippen LogP contribution in [-0.2, 0) is 4.79 Å². The van der Waals surface area contributed by atoms with Gasteiger partial charge in [0.05, 0.1) is 5.69 Å². The number of benzene rings is 1. The molecule has 2 aromatic rings. The van der Waals surface area contributed by atoms with E-state index in [0.29, 0.717) is 31.0 Å². The molecule has 0 radical (unpaired) electrons. The SMILES string of the molecule is Cc1cc(C(=O)N2CC[C@H](Oc3ccc(F)cc3)[C@@H](CC(N)=O)C2)on1. The van der Waals surface area contributed by atoms with Gasteiger partial charge in [-0.1, -0.05) is 5.16 Å². The van der Waals surface area contributed by atoms with E-state index in [0.717, 1.165) is 0 Å². The maximum absolute atomic E-state index is 13.0. The molecule has 2 atom stereocenters. The molecular weight excluding hydrogens is 341 g/mol. The number of aryl methyl sites for hydroxylation is 1. The number of rotatable bonds is 5. The fourth-order valence-electron chi connectivity index (χ4n) is 3.11. The highest BCUT2D eigenvalue weighted by molar-refractivity contribution is 5.91. The van der Waals surface area contributed by atoms with Gasteiger partial charge in [-0.25, -0.2) is 4.39 Å². The average molecular weight is 361 g/mol. The molecule has 138 valence electrons. The van der Waals surface area contributed by atoms with Crippen LogP contribution in [0.3, 0.4) is 0 Å². The number of aromatic nitrogens is 1. The summed E-state index contributed by atoms with van der Waals surface area (Å²) in [6, 6.07) is 7.26. The highest BCUT2D eigenvalue weighted by Crippen LogP contribution is 2.26. The minimum atomic E-state index is -0.465. The number of nitrogens with zero attached hydrogens (tertiary/aromatic N) is 2. The van der Waals surface area contributed by atoms with Crippen molar-refractivity contribution in [2.75, 3.05) is 13.1 Å². The lowest BCUT2D eigenvalue weighted by molar-refractivity contribution is -0.120. The zero-order valence-electron chi connectivity index (χ0n) is 14.4. The Bertz CT molecular complexity index is 790. The molecule has 2 amide bonds. The van der Waals surface area contributed by atoms with Crippen molar-refractivity contribution in [1.82, 2.24) is 10.1 Å². The number of likely N-dealkylation sites (tertiary alicyclic amines) is 1. The van der Waals surface area contributed by atoms with Crippen LogP contribution in [0.2, 0.25) is 0 Å². The summed E-state index contributed by atoms with van der Waals surface area (Å²) in [6.45, 7) is 2.49. The van der Waals surface area contributed by atoms with Crippen LogP contribution in [0.25, 0.3) is 0 Å². The van der Waals surface area contributed by atoms with Gasteiger partial charge in [0.1, 0.15) is 17.7 Å². The van der Waals surface area contributed by atoms with E-state index in [1.165, 1.54) is 24.3 Å². The molecule has 1 aromatic heterocycles. The van der Waals surface area contributed by atoms with Crippen molar-refractivity contribution in [2.24, 2.45) is 11.7 Å². The van der Waals surface area contributed by atoms with E-state index in [1.807, 2.05) is 0 Å². The molecular formula is C18H20FN3O4. The zero-order chi connectivity index (χ0) is 18.7. The molecule has 26 heavy (non-hydrogen) atoms. The van der Waals surface area contributed by atoms with Gasteiger partial charge in [0.2, 0.25) is 11.7 Å². The summed E-state index contributed by atoms with van der Waals surface area (Å²) in [5.74, 6) is -0.685. The van der Waals surface area contributed by atoms with Gasteiger partial charge in [0.15, 0.2) is 0 Å². The molecule has 1 aliphatic rings. The van der Waals surface area contributed by atoms with Crippen LogP contribution >= 0.6 is 0 Å². The first-order chi connectivity index (χ1) is 12.4. The number of piperidine rings is 1. The molecule has 1 aliphatic heterocycles. The molecule has 7 nitrogen and oxygen atoms in total. The van der Waals surface area contributed by atoms with Gasteiger partial charge in [-0.2, -0.15) is 0 Å². The Morgan fingerprint density at radius 1 is 1.38 bits per heavy atom. The maximum Gasteiger partial charge on any atom is 0.292 e. The summed E-state index contributed by atoms with van der Waals surface area (Å²) < 4.78 is 24.0. The molecule has 2 N–H and O–H groups in total. The third kappa shape index (κ3) is 4.19. The van der Waals surface area contributed by atoms with Crippen LogP contribution in [0, 0.1) is 18.7 Å². The van der Waals surface area contributed by atoms with E-state index in [4.69, 9.17) is 15.0 Å². The van der Waals surface area contributed by atoms with Crippen molar-refractivity contribution >= 4 is 11.8 Å². The minimum absolute atomic E-state index is 0.0884. The molecule has 0 aliphatic carbocycles. The molecule has 1 saturated heterocycles. The fourth-order valence-corrected chi connectivity index (χ4v) is 3.11. The summed E-state index contributed by atoms with van der Waals surface area (Å²) in [5, 5.41) is 3.73. The number of nitrogens with two attached hydrogens (primary N) is 1. The number of amides is 2. The maximum atomic E-state index is 13.0. The summed E-state index contributed by atoms with van der Waals surface area (Å²) >= 11 is 0. The molecule has 3 rings (SSSR count). The van der Waals surface area contributed by atoms with E-state index < -0.39 is 5.91 Å². The van der Waals surface area contributed by atoms with Crippen LogP contribution in [0.1, 0.15) is 29.1 Å². The van der Waals surface area contributed by atoms with Gasteiger partial charge in [-0.15, -0.1) is 0 Å². The van der Waals surface area contributed by atoms with E-state index in [-0.39, 0.29) is 35.9 Å². The molecule has 2 heterocycles. The lowest BCUT2D eigenvalue weighted by Crippen LogP contribution is -2.49. The van der Waals surface area contributed by atoms with E-state index in [1.54, 1.807) is 17.9 Å². The quantitative estimate of drug-likeness (QED) is 0.877. The second-order valence-corrected chi connectivity index (χ2v) is 6.41. The Morgan fingerprint density at radius 2 is 2.12 bits per heavy atom. The first-order valence-corrected chi connectivity index (χ1v) is 8.35. The highest BCUT2D eigenvalue weighted by Gasteiger charge is 2.35. The van der Waals surface area contributed by atoms with Crippen LogP contribution in [0.4, 0.5) is 4.39 Å². The number of hydrogen-bond donors (Lipinski definition) is 1. The number of carbonyl (C=O) groups excluding carboxylic acids is 2. The number of primary amides is 1. The summed E-state index contributed by atoms with van der Waals surface area (Å²) in [7, 11) is 0. The molecule has 8 heteroatoms. The minimum Gasteiger partial charge on any atom is -0.490 e. The monoisotopic (exact) mass is 361 g/mol. The normalized spacial score (nSPS) is 20.0. The number of hydrogen-bond acceptors (Lipinski definition) is 5. The number of ether oxygens (including phenoxy) is 1. The average Bonchev–Trinajstić information content (AvgIpc) is 3.03. The van der Waals surface area contributed by atoms with Crippen LogP contribution in [-0.4, -0.2) is 41.1 Å². The predicted molar refractivity (Wildman–Crippen MR) is 89.9 cm³/mol. The van der Waals surface area contributed by atoms with Crippen LogP contribution < -0.4 is 10.5 Å². The van der Waals surface area contributed by atoms with E-state index >= 15 is 0 Å². The molecule has 0 spiro atoms. The van der Waals surface area contributed by atoms with Gasteiger partial charge in [-0.3, -0.25) is 9.59 Å². The smallest absolute Gasteiger partial charge is 0.292 e. The Hall–Kier alpha value is -2.90. The third-order valence-corrected chi connectivity index (χ3v) is 4.35. The van der Waals surface area contributed by atoms with E-state index in [2.05, 4.69) is 5.16 Å². The van der Waals surface area contributed by atoms with Gasteiger partial charge in [0, 0.05) is 37.9 Å². The van der Waals surface area contributed by atoms with Gasteiger partial charge in [-0.05, 0) is 31.2 Å². The van der Waals surface area contributed by atoms with Crippen molar-refractivity contribution in [2.45, 2.75) is 25.9 Å². The molecule has 1 fully saturated rings. The lowest BCUT2D eigenvalue weighted by atomic mass is 9.91. The van der Waals surface area contributed by atoms with Gasteiger partial charge >= 0.3 is 0 Å². The van der Waals surface area contributed by atoms with Gasteiger partial charge in [0.25, 0.3) is 5.91 Å². The summed E-state index contributed by atoms with van der Waals surface area (Å²) in [5.41, 5.74) is 5.98. The Morgan fingerprint density at radius 3 is 2.73 bits per heavy atom. The fraction of sp³-hybridized carbons (Fsp3) is 0.389. The number of carbonyl (C=O) groups is 2. The first kappa shape index (κ1) is 17.9. The van der Waals surface area contributed by atoms with Crippen molar-refractivity contribution in [3.05, 3.63) is 47.6 Å². The standard InChI is InChI=1S/C18H20FN3O4/c1-11-8-16(26-21-11)18(24)22-7-6-15(12(10-22)9-17(20)23)25-14-4-2-13(19)3-5-14/h2-5,8,12,15H,6-7,9-10H2,1H3,(H2,20,23)/t12-,15-/m0/s1. The van der Waals surface area contributed by atoms with Crippen molar-refractivity contribution in [1.29, 1.82) is 0 Å². The van der Waals surface area contributed by atoms with Crippen molar-refractivity contribution < 1.29 is 23.2 Å². The van der Waals surface area contributed by atoms with Crippen molar-refractivity contribution in [3.8, 4) is 5.75 Å². The largest absolute Gasteiger partial charge is 0.490 e. The number of halogens is 1. The summed E-state index contributed by atoms with van der Waals surface area (Å²) in [6.07, 6.45) is 0.313. The van der Waals surface area contributed by atoms with E-state index in [9.17, 15) is 14.0 Å². The molecule has 0 unspecified atom stereocenters. The van der Waals surface area contributed by atoms with Gasteiger partial charge < -0.3 is 19.9 Å². The Labute approximate surface area is 149 Å². The second kappa shape index (κ2) is 7.55. The molecule has 0 saturated carbocycles. The third-order valence-electron chi connectivity index (χ3n) is 4.35. The Kier molecular flexibility index (Phi) is 5.20. The second-order valence-electron chi connectivity index (χ2n) is 6.41. The van der Waals surface area contributed by atoms with Crippen LogP contribution in [0.15, 0.2) is 34.9 Å². The topological polar surface area (TPSA) is 98.7 Å². The van der Waals surface area contributed by atoms with Crippen molar-refractivity contribution in [3.63, 3.8) is 0 Å². The highest BCUT2D eigenvalue weighted by atomic mass is 19.1.